The van der Waals surface area contributed by atoms with Crippen molar-refractivity contribution in [2.24, 2.45) is 5.92 Å². The van der Waals surface area contributed by atoms with E-state index >= 15 is 0 Å². The number of aromatic nitrogens is 7. The largest absolute Gasteiger partial charge is 0.368 e. The van der Waals surface area contributed by atoms with Crippen LogP contribution in [-0.2, 0) is 4.79 Å². The van der Waals surface area contributed by atoms with E-state index in [2.05, 4.69) is 35.4 Å². The summed E-state index contributed by atoms with van der Waals surface area (Å²) >= 11 is 0. The molecule has 0 aromatic carbocycles. The van der Waals surface area contributed by atoms with Gasteiger partial charge in [0.2, 0.25) is 5.91 Å². The summed E-state index contributed by atoms with van der Waals surface area (Å²) in [6, 6.07) is 5.81. The van der Waals surface area contributed by atoms with Crippen molar-refractivity contribution in [3.8, 4) is 22.8 Å². The van der Waals surface area contributed by atoms with Crippen molar-refractivity contribution in [3.05, 3.63) is 43.0 Å². The van der Waals surface area contributed by atoms with E-state index in [0.717, 1.165) is 77.8 Å². The Kier molecular flexibility index (Phi) is 5.71. The Morgan fingerprint density at radius 2 is 1.74 bits per heavy atom. The van der Waals surface area contributed by atoms with Gasteiger partial charge in [0, 0.05) is 30.8 Å². The molecular formula is C28H29N9O. The van der Waals surface area contributed by atoms with E-state index in [1.165, 1.54) is 19.3 Å². The minimum atomic E-state index is 0.0743. The second kappa shape index (κ2) is 9.51. The van der Waals surface area contributed by atoms with Crippen LogP contribution in [0.4, 0.5) is 11.4 Å². The maximum atomic E-state index is 12.6. The monoisotopic (exact) mass is 507 g/mol. The van der Waals surface area contributed by atoms with Gasteiger partial charge < -0.3 is 15.2 Å². The average Bonchev–Trinajstić information content (AvgIpc) is 3.73. The van der Waals surface area contributed by atoms with Crippen molar-refractivity contribution in [3.63, 3.8) is 0 Å². The average molecular weight is 508 g/mol. The highest BCUT2D eigenvalue weighted by atomic mass is 16.1. The van der Waals surface area contributed by atoms with Gasteiger partial charge in [-0.1, -0.05) is 12.8 Å². The number of carbonyl (C=O) groups excluding carboxylic acids is 1. The highest BCUT2D eigenvalue weighted by Gasteiger charge is 2.23. The van der Waals surface area contributed by atoms with E-state index in [9.17, 15) is 4.79 Å². The van der Waals surface area contributed by atoms with Crippen molar-refractivity contribution in [1.82, 2.24) is 35.1 Å². The maximum absolute atomic E-state index is 12.6. The molecule has 0 spiro atoms. The molecule has 10 heteroatoms. The predicted molar refractivity (Wildman–Crippen MR) is 147 cm³/mol. The van der Waals surface area contributed by atoms with Gasteiger partial charge in [0.1, 0.15) is 11.0 Å². The minimum Gasteiger partial charge on any atom is -0.368 e. The number of hydrogen-bond donors (Lipinski definition) is 3. The van der Waals surface area contributed by atoms with Gasteiger partial charge in [0.25, 0.3) is 0 Å². The number of pyridine rings is 3. The summed E-state index contributed by atoms with van der Waals surface area (Å²) in [4.78, 5) is 37.1. The number of amides is 1. The number of piperidine rings is 1. The van der Waals surface area contributed by atoms with Gasteiger partial charge in [-0.15, -0.1) is 0 Å². The predicted octanol–water partition coefficient (Wildman–Crippen LogP) is 5.08. The molecule has 3 N–H and O–H groups in total. The highest BCUT2D eigenvalue weighted by molar-refractivity contribution is 5.95. The van der Waals surface area contributed by atoms with E-state index in [-0.39, 0.29) is 11.8 Å². The van der Waals surface area contributed by atoms with E-state index < -0.39 is 0 Å². The minimum absolute atomic E-state index is 0.0743. The van der Waals surface area contributed by atoms with Crippen LogP contribution in [0.2, 0.25) is 0 Å². The van der Waals surface area contributed by atoms with Crippen molar-refractivity contribution in [2.45, 2.75) is 44.9 Å². The highest BCUT2D eigenvalue weighted by Crippen LogP contribution is 2.32. The third-order valence-corrected chi connectivity index (χ3v) is 7.73. The van der Waals surface area contributed by atoms with Crippen LogP contribution in [0.15, 0.2) is 43.0 Å². The molecule has 0 radical (unpaired) electrons. The standard InChI is InChI=1S/C28H29N9O/c38-28(17-6-2-3-7-17)31-19-12-18(13-29-14-19)20-8-9-21-25(32-20)26(36-35-21)27-33-22-15-30-16-23(24(22)34-27)37-10-4-1-5-11-37/h8-9,12-17H,1-7,10-11H2,(H,31,38)(H,33,34)(H,35,36). The maximum Gasteiger partial charge on any atom is 0.227 e. The number of rotatable bonds is 5. The number of nitrogens with one attached hydrogen (secondary N) is 3. The van der Waals surface area contributed by atoms with Crippen LogP contribution in [0, 0.1) is 5.92 Å². The Bertz CT molecular complexity index is 1630. The Morgan fingerprint density at radius 3 is 2.61 bits per heavy atom. The second-order valence-corrected chi connectivity index (χ2v) is 10.3. The van der Waals surface area contributed by atoms with Gasteiger partial charge in [-0.3, -0.25) is 19.9 Å². The van der Waals surface area contributed by atoms with Crippen molar-refractivity contribution in [2.75, 3.05) is 23.3 Å². The Labute approximate surface area is 219 Å². The van der Waals surface area contributed by atoms with E-state index in [4.69, 9.17) is 9.97 Å². The summed E-state index contributed by atoms with van der Waals surface area (Å²) in [6.07, 6.45) is 14.9. The molecule has 1 aliphatic heterocycles. The lowest BCUT2D eigenvalue weighted by atomic mass is 10.1. The first-order valence-electron chi connectivity index (χ1n) is 13.4. The fourth-order valence-corrected chi connectivity index (χ4v) is 5.70. The number of H-pyrrole nitrogens is 2. The molecule has 1 saturated carbocycles. The zero-order valence-corrected chi connectivity index (χ0v) is 21.1. The zero-order valence-electron chi connectivity index (χ0n) is 21.1. The Balaban J connectivity index is 1.22. The lowest BCUT2D eigenvalue weighted by molar-refractivity contribution is -0.119. The molecule has 6 heterocycles. The normalized spacial score (nSPS) is 16.5. The SMILES string of the molecule is O=C(Nc1cncc(-c2ccc3[nH]nc(-c4nc5c(N6CCCCC6)cncc5[nH]4)c3n2)c1)C1CCCC1. The molecule has 0 bridgehead atoms. The van der Waals surface area contributed by atoms with Gasteiger partial charge in [-0.2, -0.15) is 5.10 Å². The molecule has 1 aliphatic carbocycles. The van der Waals surface area contributed by atoms with Crippen LogP contribution in [0.1, 0.15) is 44.9 Å². The van der Waals surface area contributed by atoms with Gasteiger partial charge in [-0.25, -0.2) is 9.97 Å². The quantitative estimate of drug-likeness (QED) is 0.303. The topological polar surface area (TPSA) is 128 Å². The molecular weight excluding hydrogens is 478 g/mol. The molecule has 2 aliphatic rings. The number of imidazole rings is 1. The summed E-state index contributed by atoms with van der Waals surface area (Å²) in [5, 5.41) is 10.7. The fourth-order valence-electron chi connectivity index (χ4n) is 5.70. The van der Waals surface area contributed by atoms with Gasteiger partial charge in [0.05, 0.1) is 46.7 Å². The summed E-state index contributed by atoms with van der Waals surface area (Å²) in [5.41, 5.74) is 7.28. The first kappa shape index (κ1) is 22.8. The third-order valence-electron chi connectivity index (χ3n) is 7.73. The number of fused-ring (bicyclic) bond motifs is 2. The van der Waals surface area contributed by atoms with E-state index in [1.54, 1.807) is 12.4 Å². The molecule has 38 heavy (non-hydrogen) atoms. The number of nitrogens with zero attached hydrogens (tertiary/aromatic N) is 6. The van der Waals surface area contributed by atoms with Crippen LogP contribution in [0.25, 0.3) is 44.8 Å². The summed E-state index contributed by atoms with van der Waals surface area (Å²) in [7, 11) is 0. The van der Waals surface area contributed by atoms with Gasteiger partial charge in [-0.05, 0) is 50.3 Å². The molecule has 5 aromatic rings. The molecule has 192 valence electrons. The first-order valence-corrected chi connectivity index (χ1v) is 13.4. The molecule has 2 fully saturated rings. The van der Waals surface area contributed by atoms with E-state index in [1.807, 2.05) is 30.6 Å². The van der Waals surface area contributed by atoms with Gasteiger partial charge in [0.15, 0.2) is 11.5 Å². The molecule has 1 amide bonds. The molecule has 0 unspecified atom stereocenters. The Hall–Kier alpha value is -4.34. The molecule has 7 rings (SSSR count). The van der Waals surface area contributed by atoms with E-state index in [0.29, 0.717) is 17.2 Å². The Morgan fingerprint density at radius 1 is 0.895 bits per heavy atom. The van der Waals surface area contributed by atoms with Crippen molar-refractivity contribution >= 4 is 39.3 Å². The number of hydrogen-bond acceptors (Lipinski definition) is 7. The lowest BCUT2D eigenvalue weighted by Gasteiger charge is -2.28. The smallest absolute Gasteiger partial charge is 0.227 e. The van der Waals surface area contributed by atoms with Crippen LogP contribution in [0.3, 0.4) is 0 Å². The van der Waals surface area contributed by atoms with Crippen molar-refractivity contribution < 1.29 is 4.79 Å². The fraction of sp³-hybridized carbons (Fsp3) is 0.357. The molecule has 0 atom stereocenters. The number of anilines is 2. The molecule has 5 aromatic heterocycles. The van der Waals surface area contributed by atoms with Crippen LogP contribution < -0.4 is 10.2 Å². The summed E-state index contributed by atoms with van der Waals surface area (Å²) in [5.74, 6) is 0.819. The third kappa shape index (κ3) is 4.15. The number of aromatic amines is 2. The van der Waals surface area contributed by atoms with Crippen LogP contribution in [0.5, 0.6) is 0 Å². The van der Waals surface area contributed by atoms with Crippen molar-refractivity contribution in [1.29, 1.82) is 0 Å². The summed E-state index contributed by atoms with van der Waals surface area (Å²) in [6.45, 7) is 2.04. The lowest BCUT2D eigenvalue weighted by Crippen LogP contribution is -2.29. The zero-order chi connectivity index (χ0) is 25.5. The van der Waals surface area contributed by atoms with Crippen LogP contribution >= 0.6 is 0 Å². The van der Waals surface area contributed by atoms with Crippen LogP contribution in [-0.4, -0.2) is 54.1 Å². The first-order chi connectivity index (χ1) is 18.7. The van der Waals surface area contributed by atoms with Gasteiger partial charge >= 0.3 is 0 Å². The molecule has 1 saturated heterocycles. The number of carbonyl (C=O) groups is 1. The summed E-state index contributed by atoms with van der Waals surface area (Å²) < 4.78 is 0. The molecule has 10 nitrogen and oxygen atoms in total. The second-order valence-electron chi connectivity index (χ2n) is 10.3.